The van der Waals surface area contributed by atoms with E-state index < -0.39 is 5.97 Å². The van der Waals surface area contributed by atoms with Gasteiger partial charge in [0, 0.05) is 25.6 Å². The van der Waals surface area contributed by atoms with E-state index in [0.29, 0.717) is 24.4 Å². The van der Waals surface area contributed by atoms with E-state index in [9.17, 15) is 9.59 Å². The molecule has 0 radical (unpaired) electrons. The second kappa shape index (κ2) is 4.44. The lowest BCUT2D eigenvalue weighted by atomic mass is 9.87. The van der Waals surface area contributed by atoms with Crippen LogP contribution in [0.1, 0.15) is 27.2 Å². The van der Waals surface area contributed by atoms with Crippen molar-refractivity contribution < 1.29 is 14.7 Å². The van der Waals surface area contributed by atoms with Gasteiger partial charge in [-0.25, -0.2) is 4.79 Å². The highest BCUT2D eigenvalue weighted by atomic mass is 16.4. The SMILES string of the molecule is CC(C(=O)O)C1CN(C(=O)NCC2CC2(C)C)C1. The van der Waals surface area contributed by atoms with E-state index in [1.807, 2.05) is 0 Å². The van der Waals surface area contributed by atoms with Gasteiger partial charge in [-0.1, -0.05) is 20.8 Å². The Morgan fingerprint density at radius 2 is 2.00 bits per heavy atom. The van der Waals surface area contributed by atoms with Crippen molar-refractivity contribution in [1.29, 1.82) is 0 Å². The van der Waals surface area contributed by atoms with Gasteiger partial charge in [-0.15, -0.1) is 0 Å². The molecule has 2 atom stereocenters. The minimum atomic E-state index is -0.778. The van der Waals surface area contributed by atoms with Crippen LogP contribution in [0.5, 0.6) is 0 Å². The molecular formula is C13H22N2O3. The quantitative estimate of drug-likeness (QED) is 0.796. The highest BCUT2D eigenvalue weighted by molar-refractivity contribution is 5.76. The summed E-state index contributed by atoms with van der Waals surface area (Å²) in [5, 5.41) is 11.8. The molecule has 1 heterocycles. The lowest BCUT2D eigenvalue weighted by Crippen LogP contribution is -2.56. The summed E-state index contributed by atoms with van der Waals surface area (Å²) in [6, 6.07) is -0.0495. The molecule has 5 heteroatoms. The molecular weight excluding hydrogens is 232 g/mol. The summed E-state index contributed by atoms with van der Waals surface area (Å²) < 4.78 is 0. The van der Waals surface area contributed by atoms with Gasteiger partial charge < -0.3 is 15.3 Å². The fourth-order valence-corrected chi connectivity index (χ4v) is 2.44. The van der Waals surface area contributed by atoms with Gasteiger partial charge in [-0.05, 0) is 17.8 Å². The maximum atomic E-state index is 11.8. The first-order valence-corrected chi connectivity index (χ1v) is 6.57. The normalized spacial score (nSPS) is 27.3. The van der Waals surface area contributed by atoms with Crippen molar-refractivity contribution in [2.75, 3.05) is 19.6 Å². The van der Waals surface area contributed by atoms with E-state index in [4.69, 9.17) is 5.11 Å². The van der Waals surface area contributed by atoms with Crippen LogP contribution in [0.4, 0.5) is 4.79 Å². The molecule has 2 aliphatic rings. The summed E-state index contributed by atoms with van der Waals surface area (Å²) in [7, 11) is 0. The Morgan fingerprint density at radius 3 is 2.44 bits per heavy atom. The summed E-state index contributed by atoms with van der Waals surface area (Å²) in [5.41, 5.74) is 0.378. The number of hydrogen-bond donors (Lipinski definition) is 2. The van der Waals surface area contributed by atoms with Crippen molar-refractivity contribution in [2.45, 2.75) is 27.2 Å². The smallest absolute Gasteiger partial charge is 0.317 e. The number of amides is 2. The van der Waals surface area contributed by atoms with Gasteiger partial charge in [-0.2, -0.15) is 0 Å². The number of nitrogens with zero attached hydrogens (tertiary/aromatic N) is 1. The number of carbonyl (C=O) groups excluding carboxylic acids is 1. The van der Waals surface area contributed by atoms with Crippen molar-refractivity contribution in [3.05, 3.63) is 0 Å². The number of carbonyl (C=O) groups is 2. The van der Waals surface area contributed by atoms with Crippen molar-refractivity contribution in [2.24, 2.45) is 23.2 Å². The van der Waals surface area contributed by atoms with E-state index in [2.05, 4.69) is 19.2 Å². The van der Waals surface area contributed by atoms with E-state index in [1.165, 1.54) is 6.42 Å². The Morgan fingerprint density at radius 1 is 1.44 bits per heavy atom. The molecule has 2 rings (SSSR count). The molecule has 102 valence electrons. The van der Waals surface area contributed by atoms with Crippen LogP contribution in [0, 0.1) is 23.2 Å². The summed E-state index contributed by atoms with van der Waals surface area (Å²) >= 11 is 0. The van der Waals surface area contributed by atoms with Crippen LogP contribution in [0.3, 0.4) is 0 Å². The molecule has 2 amide bonds. The number of carboxylic acids is 1. The van der Waals surface area contributed by atoms with Gasteiger partial charge in [0.2, 0.25) is 0 Å². The van der Waals surface area contributed by atoms with Gasteiger partial charge in [0.1, 0.15) is 0 Å². The van der Waals surface area contributed by atoms with Crippen LogP contribution in [0.2, 0.25) is 0 Å². The molecule has 2 fully saturated rings. The molecule has 0 aromatic rings. The third-order valence-electron chi connectivity index (χ3n) is 4.51. The number of likely N-dealkylation sites (tertiary alicyclic amines) is 1. The second-order valence-electron chi connectivity index (χ2n) is 6.37. The lowest BCUT2D eigenvalue weighted by Gasteiger charge is -2.41. The highest BCUT2D eigenvalue weighted by Gasteiger charge is 2.45. The first-order valence-electron chi connectivity index (χ1n) is 6.57. The van der Waals surface area contributed by atoms with Crippen molar-refractivity contribution in [1.82, 2.24) is 10.2 Å². The Hall–Kier alpha value is -1.26. The molecule has 1 saturated carbocycles. The molecule has 1 saturated heterocycles. The molecule has 1 aliphatic heterocycles. The average molecular weight is 254 g/mol. The molecule has 0 aromatic carbocycles. The van der Waals surface area contributed by atoms with Gasteiger partial charge in [0.05, 0.1) is 5.92 Å². The molecule has 5 nitrogen and oxygen atoms in total. The molecule has 0 aromatic heterocycles. The Kier molecular flexibility index (Phi) is 3.25. The van der Waals surface area contributed by atoms with Gasteiger partial charge in [0.15, 0.2) is 0 Å². The molecule has 2 unspecified atom stereocenters. The maximum Gasteiger partial charge on any atom is 0.317 e. The van der Waals surface area contributed by atoms with Gasteiger partial charge in [0.25, 0.3) is 0 Å². The van der Waals surface area contributed by atoms with E-state index in [0.717, 1.165) is 6.54 Å². The second-order valence-corrected chi connectivity index (χ2v) is 6.37. The lowest BCUT2D eigenvalue weighted by molar-refractivity contribution is -0.144. The minimum Gasteiger partial charge on any atom is -0.481 e. The standard InChI is InChI=1S/C13H22N2O3/c1-8(11(16)17)9-6-15(7-9)12(18)14-5-10-4-13(10,2)3/h8-10H,4-7H2,1-3H3,(H,14,18)(H,16,17). The van der Waals surface area contributed by atoms with E-state index >= 15 is 0 Å². The van der Waals surface area contributed by atoms with Crippen LogP contribution < -0.4 is 5.32 Å². The first-order chi connectivity index (χ1) is 8.31. The van der Waals surface area contributed by atoms with Crippen LogP contribution in [-0.2, 0) is 4.79 Å². The topological polar surface area (TPSA) is 69.6 Å². The van der Waals surface area contributed by atoms with Crippen LogP contribution in [-0.4, -0.2) is 41.6 Å². The molecule has 0 spiro atoms. The highest BCUT2D eigenvalue weighted by Crippen LogP contribution is 2.51. The Labute approximate surface area is 108 Å². The Bertz CT molecular complexity index is 361. The zero-order valence-electron chi connectivity index (χ0n) is 11.3. The largest absolute Gasteiger partial charge is 0.481 e. The zero-order chi connectivity index (χ0) is 13.5. The van der Waals surface area contributed by atoms with Crippen LogP contribution >= 0.6 is 0 Å². The Balaban J connectivity index is 1.66. The molecule has 0 bridgehead atoms. The molecule has 1 aliphatic carbocycles. The van der Waals surface area contributed by atoms with Gasteiger partial charge in [-0.3, -0.25) is 4.79 Å². The van der Waals surface area contributed by atoms with Crippen LogP contribution in [0.15, 0.2) is 0 Å². The molecule has 18 heavy (non-hydrogen) atoms. The predicted octanol–water partition coefficient (Wildman–Crippen LogP) is 1.39. The summed E-state index contributed by atoms with van der Waals surface area (Å²) in [5.74, 6) is -0.446. The van der Waals surface area contributed by atoms with E-state index in [1.54, 1.807) is 11.8 Å². The summed E-state index contributed by atoms with van der Waals surface area (Å²) in [6.45, 7) is 7.98. The summed E-state index contributed by atoms with van der Waals surface area (Å²) in [4.78, 5) is 24.3. The number of hydrogen-bond acceptors (Lipinski definition) is 2. The first kappa shape index (κ1) is 13.2. The van der Waals surface area contributed by atoms with Crippen molar-refractivity contribution >= 4 is 12.0 Å². The number of nitrogens with one attached hydrogen (secondary N) is 1. The third-order valence-corrected chi connectivity index (χ3v) is 4.51. The number of rotatable bonds is 4. The zero-order valence-corrected chi connectivity index (χ0v) is 11.3. The summed E-state index contributed by atoms with van der Waals surface area (Å²) in [6.07, 6.45) is 1.17. The number of carboxylic acid groups (broad SMARTS) is 1. The fourth-order valence-electron chi connectivity index (χ4n) is 2.44. The monoisotopic (exact) mass is 254 g/mol. The van der Waals surface area contributed by atoms with E-state index in [-0.39, 0.29) is 17.9 Å². The fraction of sp³-hybridized carbons (Fsp3) is 0.846. The minimum absolute atomic E-state index is 0.0495. The predicted molar refractivity (Wildman–Crippen MR) is 67.1 cm³/mol. The van der Waals surface area contributed by atoms with Crippen molar-refractivity contribution in [3.63, 3.8) is 0 Å². The third kappa shape index (κ3) is 2.60. The average Bonchev–Trinajstić information content (AvgIpc) is 2.81. The maximum absolute atomic E-state index is 11.8. The van der Waals surface area contributed by atoms with Gasteiger partial charge >= 0.3 is 12.0 Å². The number of urea groups is 1. The van der Waals surface area contributed by atoms with Crippen molar-refractivity contribution in [3.8, 4) is 0 Å². The molecule has 2 N–H and O–H groups in total. The van der Waals surface area contributed by atoms with Crippen LogP contribution in [0.25, 0.3) is 0 Å². The number of aliphatic carboxylic acids is 1.